The quantitative estimate of drug-likeness (QED) is 0.502. The van der Waals surface area contributed by atoms with Crippen LogP contribution in [0, 0.1) is 11.3 Å². The molecule has 2 rings (SSSR count). The van der Waals surface area contributed by atoms with E-state index in [9.17, 15) is 4.79 Å². The summed E-state index contributed by atoms with van der Waals surface area (Å²) in [5, 5.41) is 2.15. The lowest BCUT2D eigenvalue weighted by Crippen LogP contribution is -2.27. The Morgan fingerprint density at radius 2 is 2.64 bits per heavy atom. The number of carbonyl (C=O) groups excluding carboxylic acids is 1. The molecule has 2 aliphatic rings. The summed E-state index contributed by atoms with van der Waals surface area (Å²) < 4.78 is 5.25. The van der Waals surface area contributed by atoms with Gasteiger partial charge in [-0.05, 0) is 23.9 Å². The summed E-state index contributed by atoms with van der Waals surface area (Å²) >= 11 is 5.15. The van der Waals surface area contributed by atoms with Crippen LogP contribution in [0.25, 0.3) is 0 Å². The van der Waals surface area contributed by atoms with Crippen molar-refractivity contribution in [2.24, 2.45) is 11.3 Å². The van der Waals surface area contributed by atoms with Crippen LogP contribution in [0.1, 0.15) is 6.42 Å². The van der Waals surface area contributed by atoms with E-state index in [-0.39, 0.29) is 5.41 Å². The van der Waals surface area contributed by atoms with Gasteiger partial charge < -0.3 is 10.1 Å². The maximum atomic E-state index is 10.4. The number of hydrogen-bond donors (Lipinski definition) is 1. The molecule has 1 aliphatic carbocycles. The standard InChI is InChI=1S/C7H10ClNO2/c8-6(10)9-3-7-1-5(7)2-11-4-7/h5H,1-4H2,(H,9,10). The highest BCUT2D eigenvalue weighted by atomic mass is 35.5. The molecular formula is C7H10ClNO2. The predicted octanol–water partition coefficient (Wildman–Crippen LogP) is 0.971. The van der Waals surface area contributed by atoms with E-state index < -0.39 is 5.37 Å². The van der Waals surface area contributed by atoms with E-state index in [4.69, 9.17) is 16.3 Å². The van der Waals surface area contributed by atoms with Crippen LogP contribution < -0.4 is 5.32 Å². The molecule has 1 heterocycles. The zero-order chi connectivity index (χ0) is 7.90. The second-order valence-corrected chi connectivity index (χ2v) is 3.75. The van der Waals surface area contributed by atoms with Gasteiger partial charge in [0.2, 0.25) is 0 Å². The van der Waals surface area contributed by atoms with E-state index in [0.29, 0.717) is 12.5 Å². The molecule has 2 atom stereocenters. The first-order valence-corrected chi connectivity index (χ1v) is 4.12. The van der Waals surface area contributed by atoms with Crippen LogP contribution in [0.15, 0.2) is 0 Å². The molecule has 2 fully saturated rings. The van der Waals surface area contributed by atoms with Gasteiger partial charge in [-0.1, -0.05) is 0 Å². The monoisotopic (exact) mass is 175 g/mol. The van der Waals surface area contributed by atoms with Crippen molar-refractivity contribution in [2.45, 2.75) is 6.42 Å². The van der Waals surface area contributed by atoms with Crippen molar-refractivity contribution in [1.29, 1.82) is 0 Å². The topological polar surface area (TPSA) is 38.3 Å². The number of halogens is 1. The van der Waals surface area contributed by atoms with Crippen LogP contribution in [0.5, 0.6) is 0 Å². The fourth-order valence-corrected chi connectivity index (χ4v) is 1.83. The second kappa shape index (κ2) is 2.35. The Bertz CT molecular complexity index is 197. The Morgan fingerprint density at radius 1 is 1.82 bits per heavy atom. The van der Waals surface area contributed by atoms with Crippen molar-refractivity contribution in [3.8, 4) is 0 Å². The summed E-state index contributed by atoms with van der Waals surface area (Å²) in [6, 6.07) is 0. The van der Waals surface area contributed by atoms with Gasteiger partial charge in [-0.15, -0.1) is 0 Å². The first kappa shape index (κ1) is 7.37. The van der Waals surface area contributed by atoms with Crippen molar-refractivity contribution in [2.75, 3.05) is 19.8 Å². The Hall–Kier alpha value is -0.280. The highest BCUT2D eigenvalue weighted by Crippen LogP contribution is 2.56. The summed E-state index contributed by atoms with van der Waals surface area (Å²) in [7, 11) is 0. The molecule has 0 spiro atoms. The average Bonchev–Trinajstić information content (AvgIpc) is 2.52. The smallest absolute Gasteiger partial charge is 0.313 e. The molecule has 4 heteroatoms. The fraction of sp³-hybridized carbons (Fsp3) is 0.857. The zero-order valence-corrected chi connectivity index (χ0v) is 6.86. The molecule has 0 aromatic rings. The third-order valence-electron chi connectivity index (χ3n) is 2.65. The van der Waals surface area contributed by atoms with Crippen molar-refractivity contribution in [3.63, 3.8) is 0 Å². The summed E-state index contributed by atoms with van der Waals surface area (Å²) in [6.45, 7) is 2.33. The van der Waals surface area contributed by atoms with E-state index in [1.54, 1.807) is 0 Å². The van der Waals surface area contributed by atoms with E-state index in [0.717, 1.165) is 13.2 Å². The highest BCUT2D eigenvalue weighted by molar-refractivity contribution is 6.62. The molecule has 0 aromatic carbocycles. The first-order valence-electron chi connectivity index (χ1n) is 3.74. The third kappa shape index (κ3) is 1.23. The maximum Gasteiger partial charge on any atom is 0.313 e. The fourth-order valence-electron chi connectivity index (χ4n) is 1.76. The summed E-state index contributed by atoms with van der Waals surface area (Å²) in [4.78, 5) is 10.4. The van der Waals surface area contributed by atoms with Gasteiger partial charge in [0, 0.05) is 12.0 Å². The molecular weight excluding hydrogens is 166 g/mol. The largest absolute Gasteiger partial charge is 0.380 e. The van der Waals surface area contributed by atoms with Gasteiger partial charge in [-0.25, -0.2) is 0 Å². The molecule has 62 valence electrons. The molecule has 11 heavy (non-hydrogen) atoms. The van der Waals surface area contributed by atoms with Crippen LogP contribution in [0.2, 0.25) is 0 Å². The number of fused-ring (bicyclic) bond motifs is 1. The summed E-state index contributed by atoms with van der Waals surface area (Å²) in [5.41, 5.74) is 0.255. The molecule has 1 aliphatic heterocycles. The molecule has 0 aromatic heterocycles. The van der Waals surface area contributed by atoms with Crippen molar-refractivity contribution >= 4 is 17.0 Å². The lowest BCUT2D eigenvalue weighted by atomic mass is 10.1. The minimum atomic E-state index is -0.461. The van der Waals surface area contributed by atoms with Gasteiger partial charge >= 0.3 is 5.37 Å². The van der Waals surface area contributed by atoms with Crippen LogP contribution in [-0.4, -0.2) is 25.1 Å². The zero-order valence-electron chi connectivity index (χ0n) is 6.10. The number of hydrogen-bond acceptors (Lipinski definition) is 2. The van der Waals surface area contributed by atoms with Crippen molar-refractivity contribution in [3.05, 3.63) is 0 Å². The van der Waals surface area contributed by atoms with Gasteiger partial charge in [-0.3, -0.25) is 4.79 Å². The van der Waals surface area contributed by atoms with Crippen molar-refractivity contribution < 1.29 is 9.53 Å². The molecule has 1 saturated heterocycles. The Balaban J connectivity index is 1.83. The van der Waals surface area contributed by atoms with Gasteiger partial charge in [0.1, 0.15) is 0 Å². The van der Waals surface area contributed by atoms with Gasteiger partial charge in [0.15, 0.2) is 0 Å². The number of nitrogens with one attached hydrogen (secondary N) is 1. The average molecular weight is 176 g/mol. The molecule has 2 unspecified atom stereocenters. The van der Waals surface area contributed by atoms with Crippen molar-refractivity contribution in [1.82, 2.24) is 5.32 Å². The Kier molecular flexibility index (Phi) is 1.58. The van der Waals surface area contributed by atoms with Gasteiger partial charge in [0.25, 0.3) is 0 Å². The van der Waals surface area contributed by atoms with Gasteiger partial charge in [-0.2, -0.15) is 0 Å². The Labute approximate surface area is 70.0 Å². The summed E-state index contributed by atoms with van der Waals surface area (Å²) in [6.07, 6.45) is 1.18. The van der Waals surface area contributed by atoms with Crippen LogP contribution >= 0.6 is 11.6 Å². The van der Waals surface area contributed by atoms with E-state index in [2.05, 4.69) is 5.32 Å². The van der Waals surface area contributed by atoms with E-state index in [1.165, 1.54) is 6.42 Å². The molecule has 1 amide bonds. The molecule has 0 radical (unpaired) electrons. The summed E-state index contributed by atoms with van der Waals surface area (Å²) in [5.74, 6) is 0.672. The molecule has 1 saturated carbocycles. The van der Waals surface area contributed by atoms with E-state index in [1.807, 2.05) is 0 Å². The second-order valence-electron chi connectivity index (χ2n) is 3.41. The lowest BCUT2D eigenvalue weighted by molar-refractivity contribution is 0.146. The molecule has 0 bridgehead atoms. The van der Waals surface area contributed by atoms with Crippen LogP contribution in [0.4, 0.5) is 4.79 Å². The minimum absolute atomic E-state index is 0.255. The number of carbonyl (C=O) groups is 1. The lowest BCUT2D eigenvalue weighted by Gasteiger charge is -2.09. The first-order chi connectivity index (χ1) is 5.23. The predicted molar refractivity (Wildman–Crippen MR) is 40.6 cm³/mol. The van der Waals surface area contributed by atoms with Gasteiger partial charge in [0.05, 0.1) is 13.2 Å². The maximum absolute atomic E-state index is 10.4. The number of rotatable bonds is 2. The molecule has 1 N–H and O–H groups in total. The van der Waals surface area contributed by atoms with Crippen LogP contribution in [0.3, 0.4) is 0 Å². The normalized spacial score (nSPS) is 39.9. The third-order valence-corrected chi connectivity index (χ3v) is 2.78. The SMILES string of the molecule is O=C(Cl)NCC12COCC1C2. The number of ether oxygens (including phenoxy) is 1. The Morgan fingerprint density at radius 3 is 3.09 bits per heavy atom. The number of amides is 1. The highest BCUT2D eigenvalue weighted by Gasteiger charge is 2.58. The van der Waals surface area contributed by atoms with E-state index >= 15 is 0 Å². The minimum Gasteiger partial charge on any atom is -0.380 e. The molecule has 3 nitrogen and oxygen atoms in total. The van der Waals surface area contributed by atoms with Crippen LogP contribution in [-0.2, 0) is 4.74 Å².